The van der Waals surface area contributed by atoms with Crippen LogP contribution in [0, 0.1) is 0 Å². The van der Waals surface area contributed by atoms with Gasteiger partial charge in [-0.15, -0.1) is 0 Å². The number of hydrogen-bond donors (Lipinski definition) is 2. The van der Waals surface area contributed by atoms with Crippen molar-refractivity contribution in [2.45, 2.75) is 20.0 Å². The highest BCUT2D eigenvalue weighted by Crippen LogP contribution is 2.34. The van der Waals surface area contributed by atoms with Crippen LogP contribution in [0.1, 0.15) is 24.3 Å². The summed E-state index contributed by atoms with van der Waals surface area (Å²) < 4.78 is 16.2. The normalized spacial score (nSPS) is 12.0. The molecule has 4 rings (SSSR count). The van der Waals surface area contributed by atoms with Crippen molar-refractivity contribution >= 4 is 23.1 Å². The van der Waals surface area contributed by atoms with Crippen LogP contribution < -0.4 is 24.8 Å². The summed E-state index contributed by atoms with van der Waals surface area (Å²) in [5.41, 5.74) is 1.63. The van der Waals surface area contributed by atoms with Gasteiger partial charge in [-0.1, -0.05) is 0 Å². The lowest BCUT2D eigenvalue weighted by Gasteiger charge is -2.11. The van der Waals surface area contributed by atoms with Crippen LogP contribution in [-0.2, 0) is 0 Å². The second-order valence-corrected chi connectivity index (χ2v) is 6.63. The third kappa shape index (κ3) is 4.55. The van der Waals surface area contributed by atoms with Gasteiger partial charge in [0, 0.05) is 17.4 Å². The number of ether oxygens (including phenoxy) is 3. The van der Waals surface area contributed by atoms with E-state index in [4.69, 9.17) is 14.2 Å². The second kappa shape index (κ2) is 8.05. The van der Waals surface area contributed by atoms with E-state index in [1.54, 1.807) is 18.2 Å². The Labute approximate surface area is 167 Å². The lowest BCUT2D eigenvalue weighted by atomic mass is 10.2. The molecule has 0 fully saturated rings. The van der Waals surface area contributed by atoms with Gasteiger partial charge in [-0.2, -0.15) is 0 Å². The van der Waals surface area contributed by atoms with E-state index in [2.05, 4.69) is 20.6 Å². The fraction of sp³-hybridized carbons (Fsp3) is 0.190. The van der Waals surface area contributed by atoms with E-state index in [9.17, 15) is 4.79 Å². The number of hydrogen-bond acceptors (Lipinski definition) is 7. The number of amides is 1. The largest absolute Gasteiger partial charge is 0.491 e. The van der Waals surface area contributed by atoms with Gasteiger partial charge in [0.2, 0.25) is 6.79 Å². The van der Waals surface area contributed by atoms with Gasteiger partial charge in [-0.3, -0.25) is 4.79 Å². The van der Waals surface area contributed by atoms with Crippen LogP contribution in [0.15, 0.2) is 54.9 Å². The molecule has 0 saturated heterocycles. The van der Waals surface area contributed by atoms with E-state index >= 15 is 0 Å². The smallest absolute Gasteiger partial charge is 0.275 e. The minimum absolute atomic E-state index is 0.121. The van der Waals surface area contributed by atoms with E-state index < -0.39 is 0 Å². The zero-order valence-corrected chi connectivity index (χ0v) is 16.0. The Balaban J connectivity index is 1.37. The summed E-state index contributed by atoms with van der Waals surface area (Å²) in [6.45, 7) is 4.14. The molecule has 8 nitrogen and oxygen atoms in total. The summed E-state index contributed by atoms with van der Waals surface area (Å²) in [5.74, 6) is 2.22. The van der Waals surface area contributed by atoms with Gasteiger partial charge in [0.25, 0.3) is 5.91 Å². The summed E-state index contributed by atoms with van der Waals surface area (Å²) >= 11 is 0. The number of carbonyl (C=O) groups is 1. The van der Waals surface area contributed by atoms with Crippen LogP contribution in [-0.4, -0.2) is 28.8 Å². The lowest BCUT2D eigenvalue weighted by Crippen LogP contribution is -2.14. The fourth-order valence-electron chi connectivity index (χ4n) is 2.72. The Morgan fingerprint density at radius 1 is 1.00 bits per heavy atom. The van der Waals surface area contributed by atoms with E-state index in [0.29, 0.717) is 23.0 Å². The maximum atomic E-state index is 12.4. The SMILES string of the molecule is CC(C)Oc1ccc(Nc2cnc(C(=O)Nc3ccc4c(c3)OCO4)cn2)cc1. The zero-order valence-electron chi connectivity index (χ0n) is 16.0. The van der Waals surface area contributed by atoms with Gasteiger partial charge in [0.1, 0.15) is 17.3 Å². The molecule has 0 bridgehead atoms. The molecule has 1 aliphatic rings. The minimum Gasteiger partial charge on any atom is -0.491 e. The molecule has 2 N–H and O–H groups in total. The van der Waals surface area contributed by atoms with Crippen molar-refractivity contribution in [3.63, 3.8) is 0 Å². The molecule has 0 atom stereocenters. The maximum Gasteiger partial charge on any atom is 0.275 e. The fourth-order valence-corrected chi connectivity index (χ4v) is 2.72. The van der Waals surface area contributed by atoms with E-state index in [1.165, 1.54) is 12.4 Å². The maximum absolute atomic E-state index is 12.4. The first kappa shape index (κ1) is 18.5. The van der Waals surface area contributed by atoms with Crippen LogP contribution in [0.5, 0.6) is 17.2 Å². The Hall–Kier alpha value is -3.81. The number of nitrogens with one attached hydrogen (secondary N) is 2. The summed E-state index contributed by atoms with van der Waals surface area (Å²) in [5, 5.41) is 5.90. The lowest BCUT2D eigenvalue weighted by molar-refractivity contribution is 0.102. The molecule has 0 saturated carbocycles. The molecule has 8 heteroatoms. The van der Waals surface area contributed by atoms with Crippen molar-refractivity contribution < 1.29 is 19.0 Å². The monoisotopic (exact) mass is 392 g/mol. The van der Waals surface area contributed by atoms with Crippen LogP contribution in [0.3, 0.4) is 0 Å². The summed E-state index contributed by atoms with van der Waals surface area (Å²) in [6, 6.07) is 12.7. The van der Waals surface area contributed by atoms with Crippen molar-refractivity contribution in [3.05, 3.63) is 60.6 Å². The quantitative estimate of drug-likeness (QED) is 0.655. The zero-order chi connectivity index (χ0) is 20.2. The first-order valence-corrected chi connectivity index (χ1v) is 9.13. The number of carbonyl (C=O) groups excluding carboxylic acids is 1. The van der Waals surface area contributed by atoms with Crippen molar-refractivity contribution in [1.29, 1.82) is 0 Å². The number of anilines is 3. The van der Waals surface area contributed by atoms with Crippen molar-refractivity contribution in [1.82, 2.24) is 9.97 Å². The highest BCUT2D eigenvalue weighted by molar-refractivity contribution is 6.02. The highest BCUT2D eigenvalue weighted by Gasteiger charge is 2.15. The van der Waals surface area contributed by atoms with Gasteiger partial charge in [-0.05, 0) is 50.2 Å². The molecule has 0 unspecified atom stereocenters. The molecule has 0 radical (unpaired) electrons. The molecule has 2 heterocycles. The van der Waals surface area contributed by atoms with Gasteiger partial charge in [0.05, 0.1) is 18.5 Å². The van der Waals surface area contributed by atoms with Crippen LogP contribution in [0.2, 0.25) is 0 Å². The number of aromatic nitrogens is 2. The molecule has 1 amide bonds. The molecule has 29 heavy (non-hydrogen) atoms. The number of rotatable bonds is 6. The minimum atomic E-state index is -0.363. The Bertz CT molecular complexity index is 1000. The number of benzene rings is 2. The third-order valence-corrected chi connectivity index (χ3v) is 4.01. The Kier molecular flexibility index (Phi) is 5.15. The third-order valence-electron chi connectivity index (χ3n) is 4.01. The van der Waals surface area contributed by atoms with Gasteiger partial charge in [-0.25, -0.2) is 9.97 Å². The van der Waals surface area contributed by atoms with Gasteiger partial charge >= 0.3 is 0 Å². The summed E-state index contributed by atoms with van der Waals surface area (Å²) in [4.78, 5) is 20.8. The van der Waals surface area contributed by atoms with Gasteiger partial charge in [0.15, 0.2) is 11.5 Å². The molecular formula is C21H20N4O4. The molecule has 1 aromatic heterocycles. The molecule has 0 spiro atoms. The molecule has 148 valence electrons. The first-order valence-electron chi connectivity index (χ1n) is 9.13. The predicted molar refractivity (Wildman–Crippen MR) is 108 cm³/mol. The van der Waals surface area contributed by atoms with E-state index in [0.717, 1.165) is 11.4 Å². The average molecular weight is 392 g/mol. The van der Waals surface area contributed by atoms with Crippen molar-refractivity contribution in [2.75, 3.05) is 17.4 Å². The Morgan fingerprint density at radius 3 is 2.48 bits per heavy atom. The van der Waals surface area contributed by atoms with Crippen molar-refractivity contribution in [3.8, 4) is 17.2 Å². The molecule has 0 aliphatic carbocycles. The van der Waals surface area contributed by atoms with Crippen molar-refractivity contribution in [2.24, 2.45) is 0 Å². The molecule has 1 aliphatic heterocycles. The average Bonchev–Trinajstić information content (AvgIpc) is 3.17. The molecule has 2 aromatic carbocycles. The van der Waals surface area contributed by atoms with Gasteiger partial charge < -0.3 is 24.8 Å². The molecular weight excluding hydrogens is 372 g/mol. The number of fused-ring (bicyclic) bond motifs is 1. The van der Waals surface area contributed by atoms with Crippen LogP contribution >= 0.6 is 0 Å². The first-order chi connectivity index (χ1) is 14.1. The summed E-state index contributed by atoms with van der Waals surface area (Å²) in [7, 11) is 0. The predicted octanol–water partition coefficient (Wildman–Crippen LogP) is 3.99. The second-order valence-electron chi connectivity index (χ2n) is 6.63. The molecule has 3 aromatic rings. The number of nitrogens with zero attached hydrogens (tertiary/aromatic N) is 2. The van der Waals surface area contributed by atoms with E-state index in [-0.39, 0.29) is 24.5 Å². The van der Waals surface area contributed by atoms with Crippen LogP contribution in [0.25, 0.3) is 0 Å². The standard InChI is InChI=1S/C21H20N4O4/c1-13(2)29-16-6-3-14(4-7-16)24-20-11-22-17(10-23-20)21(26)25-15-5-8-18-19(9-15)28-12-27-18/h3-11,13H,12H2,1-2H3,(H,23,24)(H,25,26). The topological polar surface area (TPSA) is 94.6 Å². The van der Waals surface area contributed by atoms with Crippen LogP contribution in [0.4, 0.5) is 17.2 Å². The highest BCUT2D eigenvalue weighted by atomic mass is 16.7. The summed E-state index contributed by atoms with van der Waals surface area (Å²) in [6.07, 6.45) is 3.05. The van der Waals surface area contributed by atoms with E-state index in [1.807, 2.05) is 38.1 Å². The Morgan fingerprint density at radius 2 is 1.76 bits per heavy atom.